The number of benzene rings is 1. The fourth-order valence-electron chi connectivity index (χ4n) is 1.53. The topological polar surface area (TPSA) is 26.3 Å². The lowest BCUT2D eigenvalue weighted by molar-refractivity contribution is -0.131. The zero-order chi connectivity index (χ0) is 10.7. The Bertz CT molecular complexity index is 340. The van der Waals surface area contributed by atoms with Crippen LogP contribution in [0.3, 0.4) is 0 Å². The fraction of sp³-hybridized carbons (Fsp3) is 0.417. The number of hydrogen-bond donors (Lipinski definition) is 0. The summed E-state index contributed by atoms with van der Waals surface area (Å²) < 4.78 is 4.99. The summed E-state index contributed by atoms with van der Waals surface area (Å²) >= 11 is 0. The van der Waals surface area contributed by atoms with Crippen molar-refractivity contribution in [1.29, 1.82) is 0 Å². The first-order valence-corrected chi connectivity index (χ1v) is 4.79. The number of carbonyl (C=O) groups excluding carboxylic acids is 1. The second-order valence-corrected chi connectivity index (χ2v) is 3.77. The summed E-state index contributed by atoms with van der Waals surface area (Å²) in [7, 11) is 0. The lowest BCUT2D eigenvalue weighted by Crippen LogP contribution is -2.02. The molecule has 1 aromatic carbocycles. The molecule has 0 heterocycles. The Morgan fingerprint density at radius 1 is 1.36 bits per heavy atom. The minimum atomic E-state index is -0.276. The number of esters is 1. The molecule has 0 fully saturated rings. The summed E-state index contributed by atoms with van der Waals surface area (Å²) in [5.74, 6) is 0.850. The lowest BCUT2D eigenvalue weighted by atomic mass is 9.98. The molecule has 2 nitrogen and oxygen atoms in total. The van der Waals surface area contributed by atoms with Crippen LogP contribution in [0, 0.1) is 6.92 Å². The SMILES string of the molecule is CC(=O)Oc1ccc(C(C)C)c(C)c1. The maximum absolute atomic E-state index is 10.7. The van der Waals surface area contributed by atoms with Gasteiger partial charge in [-0.15, -0.1) is 0 Å². The quantitative estimate of drug-likeness (QED) is 0.531. The zero-order valence-electron chi connectivity index (χ0n) is 9.13. The Morgan fingerprint density at radius 2 is 2.00 bits per heavy atom. The highest BCUT2D eigenvalue weighted by Crippen LogP contribution is 2.23. The molecule has 0 atom stereocenters. The van der Waals surface area contributed by atoms with Crippen molar-refractivity contribution in [1.82, 2.24) is 0 Å². The van der Waals surface area contributed by atoms with Gasteiger partial charge < -0.3 is 4.74 Å². The average Bonchev–Trinajstić information content (AvgIpc) is 2.01. The van der Waals surface area contributed by atoms with E-state index in [9.17, 15) is 4.79 Å². The van der Waals surface area contributed by atoms with Gasteiger partial charge in [0, 0.05) is 6.92 Å². The third-order valence-electron chi connectivity index (χ3n) is 2.12. The van der Waals surface area contributed by atoms with E-state index in [0.717, 1.165) is 0 Å². The van der Waals surface area contributed by atoms with Crippen molar-refractivity contribution in [3.05, 3.63) is 29.3 Å². The molecule has 0 aliphatic carbocycles. The number of hydrogen-bond acceptors (Lipinski definition) is 2. The van der Waals surface area contributed by atoms with Gasteiger partial charge in [-0.1, -0.05) is 19.9 Å². The zero-order valence-corrected chi connectivity index (χ0v) is 9.13. The molecule has 0 amide bonds. The van der Waals surface area contributed by atoms with Gasteiger partial charge in [0.2, 0.25) is 0 Å². The molecular weight excluding hydrogens is 176 g/mol. The van der Waals surface area contributed by atoms with Crippen molar-refractivity contribution in [2.45, 2.75) is 33.6 Å². The monoisotopic (exact) mass is 192 g/mol. The molecule has 0 saturated carbocycles. The fourth-order valence-corrected chi connectivity index (χ4v) is 1.53. The minimum absolute atomic E-state index is 0.276. The molecule has 0 radical (unpaired) electrons. The number of aryl methyl sites for hydroxylation is 1. The van der Waals surface area contributed by atoms with Crippen LogP contribution in [0.1, 0.15) is 37.8 Å². The smallest absolute Gasteiger partial charge is 0.308 e. The van der Waals surface area contributed by atoms with E-state index in [-0.39, 0.29) is 5.97 Å². The number of rotatable bonds is 2. The van der Waals surface area contributed by atoms with Gasteiger partial charge >= 0.3 is 5.97 Å². The first kappa shape index (κ1) is 10.8. The second kappa shape index (κ2) is 4.27. The highest BCUT2D eigenvalue weighted by Gasteiger charge is 2.05. The van der Waals surface area contributed by atoms with Crippen LogP contribution in [0.25, 0.3) is 0 Å². The van der Waals surface area contributed by atoms with Crippen LogP contribution >= 0.6 is 0 Å². The summed E-state index contributed by atoms with van der Waals surface area (Å²) in [5, 5.41) is 0. The minimum Gasteiger partial charge on any atom is -0.427 e. The van der Waals surface area contributed by atoms with Crippen molar-refractivity contribution >= 4 is 5.97 Å². The third kappa shape index (κ3) is 2.59. The van der Waals surface area contributed by atoms with Crippen molar-refractivity contribution in [2.24, 2.45) is 0 Å². The first-order chi connectivity index (χ1) is 6.50. The van der Waals surface area contributed by atoms with Crippen LogP contribution in [0.2, 0.25) is 0 Å². The molecule has 0 aromatic heterocycles. The van der Waals surface area contributed by atoms with E-state index in [1.54, 1.807) is 0 Å². The van der Waals surface area contributed by atoms with Gasteiger partial charge in [0.15, 0.2) is 0 Å². The Morgan fingerprint density at radius 3 is 2.43 bits per heavy atom. The highest BCUT2D eigenvalue weighted by atomic mass is 16.5. The molecule has 1 aromatic rings. The van der Waals surface area contributed by atoms with E-state index >= 15 is 0 Å². The Labute approximate surface area is 84.9 Å². The van der Waals surface area contributed by atoms with Crippen LogP contribution in [0.5, 0.6) is 5.75 Å². The van der Waals surface area contributed by atoms with Crippen molar-refractivity contribution in [3.63, 3.8) is 0 Å². The molecule has 0 N–H and O–H groups in total. The van der Waals surface area contributed by atoms with Gasteiger partial charge in [0.05, 0.1) is 0 Å². The summed E-state index contributed by atoms with van der Waals surface area (Å²) in [6.07, 6.45) is 0. The molecule has 2 heteroatoms. The predicted molar refractivity (Wildman–Crippen MR) is 56.6 cm³/mol. The van der Waals surface area contributed by atoms with E-state index in [1.165, 1.54) is 18.1 Å². The first-order valence-electron chi connectivity index (χ1n) is 4.79. The molecule has 0 aliphatic heterocycles. The van der Waals surface area contributed by atoms with E-state index in [2.05, 4.69) is 13.8 Å². The Kier molecular flexibility index (Phi) is 3.28. The molecule has 0 aliphatic rings. The van der Waals surface area contributed by atoms with Crippen LogP contribution in [0.4, 0.5) is 0 Å². The van der Waals surface area contributed by atoms with Gasteiger partial charge in [-0.05, 0) is 36.1 Å². The summed E-state index contributed by atoms with van der Waals surface area (Å²) in [4.78, 5) is 10.7. The third-order valence-corrected chi connectivity index (χ3v) is 2.12. The molecule has 0 bridgehead atoms. The van der Waals surface area contributed by atoms with Crippen molar-refractivity contribution < 1.29 is 9.53 Å². The van der Waals surface area contributed by atoms with Gasteiger partial charge in [-0.3, -0.25) is 4.79 Å². The maximum Gasteiger partial charge on any atom is 0.308 e. The largest absolute Gasteiger partial charge is 0.427 e. The number of carbonyl (C=O) groups is 1. The molecule has 0 unspecified atom stereocenters. The number of ether oxygens (including phenoxy) is 1. The molecule has 76 valence electrons. The van der Waals surface area contributed by atoms with Crippen molar-refractivity contribution in [3.8, 4) is 5.75 Å². The van der Waals surface area contributed by atoms with Crippen LogP contribution in [-0.2, 0) is 4.79 Å². The predicted octanol–water partition coefficient (Wildman–Crippen LogP) is 3.04. The van der Waals surface area contributed by atoms with Crippen LogP contribution in [-0.4, -0.2) is 5.97 Å². The highest BCUT2D eigenvalue weighted by molar-refractivity contribution is 5.69. The second-order valence-electron chi connectivity index (χ2n) is 3.77. The summed E-state index contributed by atoms with van der Waals surface area (Å²) in [6, 6.07) is 5.75. The Hall–Kier alpha value is -1.31. The molecular formula is C12H16O2. The Balaban J connectivity index is 2.94. The van der Waals surface area contributed by atoms with E-state index in [0.29, 0.717) is 11.7 Å². The van der Waals surface area contributed by atoms with Gasteiger partial charge in [-0.25, -0.2) is 0 Å². The summed E-state index contributed by atoms with van der Waals surface area (Å²) in [5.41, 5.74) is 2.46. The van der Waals surface area contributed by atoms with Crippen LogP contribution < -0.4 is 4.74 Å². The standard InChI is InChI=1S/C12H16O2/c1-8(2)12-6-5-11(7-9(12)3)14-10(4)13/h5-8H,1-4H3. The molecule has 0 saturated heterocycles. The van der Waals surface area contributed by atoms with Gasteiger partial charge in [0.1, 0.15) is 5.75 Å². The van der Waals surface area contributed by atoms with E-state index in [1.807, 2.05) is 25.1 Å². The molecule has 14 heavy (non-hydrogen) atoms. The average molecular weight is 192 g/mol. The maximum atomic E-state index is 10.7. The molecule has 1 rings (SSSR count). The van der Waals surface area contributed by atoms with Gasteiger partial charge in [0.25, 0.3) is 0 Å². The lowest BCUT2D eigenvalue weighted by Gasteiger charge is -2.10. The normalized spacial score (nSPS) is 10.4. The van der Waals surface area contributed by atoms with Crippen molar-refractivity contribution in [2.75, 3.05) is 0 Å². The van der Waals surface area contributed by atoms with Crippen LogP contribution in [0.15, 0.2) is 18.2 Å². The summed E-state index contributed by atoms with van der Waals surface area (Å²) in [6.45, 7) is 7.73. The van der Waals surface area contributed by atoms with E-state index in [4.69, 9.17) is 4.74 Å². The van der Waals surface area contributed by atoms with E-state index < -0.39 is 0 Å². The molecule has 0 spiro atoms. The van der Waals surface area contributed by atoms with Gasteiger partial charge in [-0.2, -0.15) is 0 Å².